The summed E-state index contributed by atoms with van der Waals surface area (Å²) in [6, 6.07) is 4.77. The number of carbonyl (C=O) groups excluding carboxylic acids is 2. The highest BCUT2D eigenvalue weighted by atomic mass is 16.5. The second kappa shape index (κ2) is 19.2. The monoisotopic (exact) mass is 795 g/mol. The third-order valence-corrected chi connectivity index (χ3v) is 13.8. The van der Waals surface area contributed by atoms with Gasteiger partial charge in [0.05, 0.1) is 24.4 Å². The number of ketones is 1. The highest BCUT2D eigenvalue weighted by Crippen LogP contribution is 2.69. The van der Waals surface area contributed by atoms with Crippen molar-refractivity contribution in [3.05, 3.63) is 93.6 Å². The average Bonchev–Trinajstić information content (AvgIpc) is 3.48. The Kier molecular flexibility index (Phi) is 14.5. The smallest absolute Gasteiger partial charge is 0.243 e. The maximum atomic E-state index is 14.6. The van der Waals surface area contributed by atoms with Crippen LogP contribution in [0.15, 0.2) is 76.9 Å². The van der Waals surface area contributed by atoms with Crippen molar-refractivity contribution in [2.24, 2.45) is 28.9 Å². The first kappa shape index (κ1) is 43.9. The lowest BCUT2D eigenvalue weighted by atomic mass is 9.45. The fourth-order valence-electron chi connectivity index (χ4n) is 11.1. The molecule has 58 heavy (non-hydrogen) atoms. The molecule has 1 spiro atoms. The summed E-state index contributed by atoms with van der Waals surface area (Å²) in [7, 11) is 0. The van der Waals surface area contributed by atoms with Crippen molar-refractivity contribution in [1.29, 1.82) is 0 Å². The number of allylic oxidation sites excluding steroid dienone is 8. The molecule has 2 aliphatic heterocycles. The number of carbonyl (C=O) groups is 2. The van der Waals surface area contributed by atoms with Crippen LogP contribution in [0.3, 0.4) is 0 Å². The van der Waals surface area contributed by atoms with Crippen LogP contribution in [0.25, 0.3) is 0 Å². The minimum atomic E-state index is -1.15. The summed E-state index contributed by atoms with van der Waals surface area (Å²) < 4.78 is 6.16. The van der Waals surface area contributed by atoms with Gasteiger partial charge in [0.2, 0.25) is 5.91 Å². The number of hydrogen-bond acceptors (Lipinski definition) is 9. The maximum Gasteiger partial charge on any atom is 0.243 e. The summed E-state index contributed by atoms with van der Waals surface area (Å²) in [6.45, 7) is 10.6. The lowest BCUT2D eigenvalue weighted by Gasteiger charge is -2.61. The van der Waals surface area contributed by atoms with Gasteiger partial charge in [0, 0.05) is 37.3 Å². The van der Waals surface area contributed by atoms with Gasteiger partial charge in [-0.15, -0.1) is 0 Å². The molecule has 314 valence electrons. The highest BCUT2D eigenvalue weighted by Gasteiger charge is 2.70. The molecule has 0 saturated heterocycles. The Morgan fingerprint density at radius 1 is 1.22 bits per heavy atom. The lowest BCUT2D eigenvalue weighted by Crippen LogP contribution is -2.65. The van der Waals surface area contributed by atoms with Crippen LogP contribution in [-0.2, 0) is 20.7 Å². The lowest BCUT2D eigenvalue weighted by molar-refractivity contribution is -0.215. The molecule has 10 heteroatoms. The van der Waals surface area contributed by atoms with E-state index in [9.17, 15) is 30.0 Å². The third kappa shape index (κ3) is 8.92. The number of amides is 1. The number of ether oxygens (including phenoxy) is 1. The molecule has 9 unspecified atom stereocenters. The first-order valence-corrected chi connectivity index (χ1v) is 21.4. The SMILES string of the molecule is C=C1C=CC=C(C2CC3CCCC4(O)CCC(=C(C)C(=O)Cc5cccc6c5C(NCC(C)O)C(=O)NC6N)C(CCCO)C34C2O)COCC#CCC(C)=CCC1. The van der Waals surface area contributed by atoms with Gasteiger partial charge in [0.25, 0.3) is 0 Å². The number of nitrogens with two attached hydrogens (primary N) is 1. The molecule has 1 amide bonds. The number of nitrogens with one attached hydrogen (secondary N) is 2. The summed E-state index contributed by atoms with van der Waals surface area (Å²) in [5.74, 6) is 5.31. The van der Waals surface area contributed by atoms with E-state index in [-0.39, 0.29) is 55.6 Å². The van der Waals surface area contributed by atoms with Gasteiger partial charge in [-0.1, -0.05) is 84.1 Å². The van der Waals surface area contributed by atoms with E-state index in [1.807, 2.05) is 43.4 Å². The average molecular weight is 796 g/mol. The van der Waals surface area contributed by atoms with Crippen molar-refractivity contribution in [3.8, 4) is 11.8 Å². The number of hydrogen-bond donors (Lipinski definition) is 7. The number of aliphatic hydroxyl groups is 4. The molecule has 0 bridgehead atoms. The van der Waals surface area contributed by atoms with E-state index in [1.54, 1.807) is 6.92 Å². The molecule has 2 heterocycles. The van der Waals surface area contributed by atoms with E-state index < -0.39 is 35.4 Å². The summed E-state index contributed by atoms with van der Waals surface area (Å²) in [4.78, 5) is 27.8. The van der Waals surface area contributed by atoms with Crippen LogP contribution < -0.4 is 16.4 Å². The number of Topliss-reactive ketones (excluding diaryl/α,β-unsaturated/α-hetero) is 1. The fraction of sp³-hybridized carbons (Fsp3) is 0.583. The van der Waals surface area contributed by atoms with Gasteiger partial charge >= 0.3 is 0 Å². The number of fused-ring (bicyclic) bond motifs is 1. The van der Waals surface area contributed by atoms with E-state index in [1.165, 1.54) is 5.57 Å². The van der Waals surface area contributed by atoms with Gasteiger partial charge in [-0.25, -0.2) is 0 Å². The van der Waals surface area contributed by atoms with Crippen LogP contribution in [0, 0.1) is 35.0 Å². The van der Waals surface area contributed by atoms with Crippen LogP contribution in [0.2, 0.25) is 0 Å². The van der Waals surface area contributed by atoms with Crippen LogP contribution in [-0.4, -0.2) is 76.3 Å². The zero-order valence-corrected chi connectivity index (χ0v) is 34.7. The number of rotatable bonds is 10. The fourth-order valence-corrected chi connectivity index (χ4v) is 11.1. The van der Waals surface area contributed by atoms with Gasteiger partial charge in [-0.3, -0.25) is 14.9 Å². The van der Waals surface area contributed by atoms with Gasteiger partial charge < -0.3 is 36.2 Å². The van der Waals surface area contributed by atoms with Gasteiger partial charge in [0.1, 0.15) is 18.8 Å². The van der Waals surface area contributed by atoms with Crippen molar-refractivity contribution in [3.63, 3.8) is 0 Å². The summed E-state index contributed by atoms with van der Waals surface area (Å²) in [6.07, 6.45) is 13.3. The molecular formula is C48H65N3O7. The molecule has 0 radical (unpaired) electrons. The Bertz CT molecular complexity index is 1900. The molecule has 5 aliphatic rings. The van der Waals surface area contributed by atoms with Crippen molar-refractivity contribution in [1.82, 2.24) is 10.6 Å². The van der Waals surface area contributed by atoms with Crippen molar-refractivity contribution >= 4 is 11.7 Å². The van der Waals surface area contributed by atoms with E-state index in [0.717, 1.165) is 48.0 Å². The van der Waals surface area contributed by atoms with Gasteiger partial charge in [-0.05, 0) is 118 Å². The predicted molar refractivity (Wildman–Crippen MR) is 226 cm³/mol. The Morgan fingerprint density at radius 2 is 2.03 bits per heavy atom. The molecule has 3 saturated carbocycles. The Morgan fingerprint density at radius 3 is 2.81 bits per heavy atom. The topological polar surface area (TPSA) is 174 Å². The second-order valence-electron chi connectivity index (χ2n) is 17.5. The standard InChI is InChI=1S/C48H65N3O7/c1-30-12-5-6-25-58-29-35(17-8-15-31(2)14-7-13-30)39-27-36-18-10-22-47(57)23-21-37(40(20-11-24-52)48(36,47)44(39)55)33(4)41(54)26-34-16-9-19-38-42(34)43(50-28-32(3)53)46(56)51-45(38)49/h8-9,13,15-17,19,32,36,39-40,43-45,50,52-53,55,57H,2,7,10-12,14,18,20-29,49H2,1,3-4H3,(H,51,56). The van der Waals surface area contributed by atoms with Crippen LogP contribution >= 0.6 is 0 Å². The molecule has 8 N–H and O–H groups in total. The molecule has 10 nitrogen and oxygen atoms in total. The molecule has 1 aromatic rings. The Labute approximate surface area is 344 Å². The van der Waals surface area contributed by atoms with E-state index in [2.05, 4.69) is 42.1 Å². The maximum absolute atomic E-state index is 14.6. The zero-order chi connectivity index (χ0) is 41.6. The van der Waals surface area contributed by atoms with Crippen LogP contribution in [0.1, 0.15) is 120 Å². The van der Waals surface area contributed by atoms with E-state index in [4.69, 9.17) is 10.5 Å². The zero-order valence-electron chi connectivity index (χ0n) is 34.7. The molecule has 6 rings (SSSR count). The Hall–Kier alpha value is -3.66. The molecule has 0 aromatic heterocycles. The van der Waals surface area contributed by atoms with Gasteiger partial charge in [-0.2, -0.15) is 0 Å². The second-order valence-corrected chi connectivity index (χ2v) is 17.5. The molecule has 9 atom stereocenters. The first-order valence-electron chi connectivity index (χ1n) is 21.4. The summed E-state index contributed by atoms with van der Waals surface area (Å²) in [5, 5.41) is 52.0. The van der Waals surface area contributed by atoms with Crippen molar-refractivity contribution in [2.45, 2.75) is 128 Å². The van der Waals surface area contributed by atoms with Crippen molar-refractivity contribution in [2.75, 3.05) is 26.4 Å². The molecule has 3 fully saturated rings. The van der Waals surface area contributed by atoms with Crippen LogP contribution in [0.4, 0.5) is 0 Å². The van der Waals surface area contributed by atoms with Crippen molar-refractivity contribution < 1.29 is 34.8 Å². The molecule has 3 aliphatic carbocycles. The number of aliphatic hydroxyl groups excluding tert-OH is 3. The van der Waals surface area contributed by atoms with E-state index in [0.29, 0.717) is 68.3 Å². The van der Waals surface area contributed by atoms with Crippen LogP contribution in [0.5, 0.6) is 0 Å². The summed E-state index contributed by atoms with van der Waals surface area (Å²) >= 11 is 0. The molecule has 1 aromatic carbocycles. The minimum Gasteiger partial charge on any atom is -0.396 e. The predicted octanol–water partition coefficient (Wildman–Crippen LogP) is 5.48. The number of benzene rings is 1. The minimum absolute atomic E-state index is 0.0136. The first-order chi connectivity index (χ1) is 27.8. The highest BCUT2D eigenvalue weighted by molar-refractivity contribution is 5.98. The normalized spacial score (nSPS) is 33.1. The Balaban J connectivity index is 1.36. The summed E-state index contributed by atoms with van der Waals surface area (Å²) in [5.41, 5.74) is 11.1. The molecular weight excluding hydrogens is 731 g/mol. The van der Waals surface area contributed by atoms with E-state index >= 15 is 0 Å². The largest absolute Gasteiger partial charge is 0.396 e. The third-order valence-electron chi connectivity index (χ3n) is 13.8. The van der Waals surface area contributed by atoms with Gasteiger partial charge in [0.15, 0.2) is 5.78 Å². The quantitative estimate of drug-likeness (QED) is 0.0920.